The van der Waals surface area contributed by atoms with E-state index in [9.17, 15) is 4.79 Å². The van der Waals surface area contributed by atoms with Gasteiger partial charge >= 0.3 is 0 Å². The average molecular weight is 315 g/mol. The number of hydrogen-bond donors (Lipinski definition) is 1. The minimum absolute atomic E-state index is 0.0174. The first-order valence-electron chi connectivity index (χ1n) is 4.44. The van der Waals surface area contributed by atoms with E-state index in [0.29, 0.717) is 13.0 Å². The summed E-state index contributed by atoms with van der Waals surface area (Å²) >= 11 is 1.94. The Morgan fingerprint density at radius 1 is 1.53 bits per heavy atom. The number of allylic oxidation sites excluding steroid dienone is 2. The molecule has 0 aromatic rings. The standard InChI is InChI=1S/C11H10INO2/c12-6-4-2-1-3-5-7-13-10(9-14)8-11(13)15/h1-2,10,14H,7-9H2/b2-1-. The van der Waals surface area contributed by atoms with Crippen LogP contribution in [0.25, 0.3) is 0 Å². The number of carbonyl (C=O) groups is 1. The van der Waals surface area contributed by atoms with E-state index in [1.54, 1.807) is 17.1 Å². The quantitative estimate of drug-likeness (QED) is 0.459. The van der Waals surface area contributed by atoms with Gasteiger partial charge in [0.2, 0.25) is 5.91 Å². The molecule has 4 heteroatoms. The van der Waals surface area contributed by atoms with Crippen LogP contribution in [0.2, 0.25) is 0 Å². The molecule has 1 fully saturated rings. The maximum Gasteiger partial charge on any atom is 0.225 e. The van der Waals surface area contributed by atoms with Crippen molar-refractivity contribution < 1.29 is 9.90 Å². The van der Waals surface area contributed by atoms with Crippen LogP contribution in [0, 0.1) is 21.7 Å². The first kappa shape index (κ1) is 12.1. The van der Waals surface area contributed by atoms with Gasteiger partial charge in [-0.05, 0) is 16.1 Å². The van der Waals surface area contributed by atoms with E-state index < -0.39 is 0 Å². The van der Waals surface area contributed by atoms with Crippen LogP contribution in [-0.4, -0.2) is 35.1 Å². The van der Waals surface area contributed by atoms with Gasteiger partial charge < -0.3 is 10.0 Å². The Hall–Kier alpha value is -0.980. The van der Waals surface area contributed by atoms with Crippen molar-refractivity contribution in [2.45, 2.75) is 12.5 Å². The lowest BCUT2D eigenvalue weighted by Crippen LogP contribution is -2.54. The summed E-state index contributed by atoms with van der Waals surface area (Å²) in [5.74, 6) is 8.38. The Bertz CT molecular complexity index is 381. The first-order chi connectivity index (χ1) is 7.29. The fourth-order valence-electron chi connectivity index (χ4n) is 1.21. The Kier molecular flexibility index (Phi) is 5.23. The van der Waals surface area contributed by atoms with Crippen molar-refractivity contribution in [3.05, 3.63) is 12.2 Å². The highest BCUT2D eigenvalue weighted by Gasteiger charge is 2.34. The van der Waals surface area contributed by atoms with Crippen molar-refractivity contribution in [3.8, 4) is 21.7 Å². The molecule has 1 rings (SSSR count). The number of nitrogens with zero attached hydrogens (tertiary/aromatic N) is 1. The number of amides is 1. The van der Waals surface area contributed by atoms with Gasteiger partial charge in [-0.25, -0.2) is 0 Å². The van der Waals surface area contributed by atoms with Gasteiger partial charge in [0.15, 0.2) is 0 Å². The topological polar surface area (TPSA) is 40.5 Å². The summed E-state index contributed by atoms with van der Waals surface area (Å²) in [6.07, 6.45) is 3.74. The molecule has 1 aliphatic heterocycles. The molecule has 1 amide bonds. The Morgan fingerprint density at radius 3 is 2.87 bits per heavy atom. The summed E-state index contributed by atoms with van der Waals surface area (Å²) in [6, 6.07) is -0.0371. The normalized spacial score (nSPS) is 18.9. The molecule has 78 valence electrons. The average Bonchev–Trinajstić information content (AvgIpc) is 2.24. The molecule has 15 heavy (non-hydrogen) atoms. The second kappa shape index (κ2) is 6.49. The highest BCUT2D eigenvalue weighted by Crippen LogP contribution is 2.17. The molecule has 0 spiro atoms. The van der Waals surface area contributed by atoms with Crippen LogP contribution < -0.4 is 0 Å². The molecule has 0 saturated carbocycles. The van der Waals surface area contributed by atoms with Crippen molar-refractivity contribution in [1.82, 2.24) is 4.90 Å². The van der Waals surface area contributed by atoms with E-state index in [1.807, 2.05) is 22.6 Å². The van der Waals surface area contributed by atoms with Crippen LogP contribution in [0.15, 0.2) is 12.2 Å². The Labute approximate surface area is 103 Å². The molecule has 1 N–H and O–H groups in total. The number of halogens is 1. The van der Waals surface area contributed by atoms with E-state index in [-0.39, 0.29) is 18.6 Å². The third-order valence-corrected chi connectivity index (χ3v) is 2.35. The van der Waals surface area contributed by atoms with E-state index in [0.717, 1.165) is 0 Å². The van der Waals surface area contributed by atoms with Gasteiger partial charge in [-0.1, -0.05) is 17.8 Å². The van der Waals surface area contributed by atoms with Gasteiger partial charge in [-0.15, -0.1) is 0 Å². The van der Waals surface area contributed by atoms with Crippen LogP contribution in [0.1, 0.15) is 6.42 Å². The highest BCUT2D eigenvalue weighted by molar-refractivity contribution is 14.1. The number of carbonyl (C=O) groups excluding carboxylic acids is 1. The predicted molar refractivity (Wildman–Crippen MR) is 65.9 cm³/mol. The maximum absolute atomic E-state index is 11.1. The minimum Gasteiger partial charge on any atom is -0.394 e. The zero-order chi connectivity index (χ0) is 11.1. The van der Waals surface area contributed by atoms with E-state index in [1.165, 1.54) is 0 Å². The lowest BCUT2D eigenvalue weighted by molar-refractivity contribution is -0.146. The molecule has 0 radical (unpaired) electrons. The summed E-state index contributed by atoms with van der Waals surface area (Å²) in [6.45, 7) is 0.398. The number of aliphatic hydroxyl groups excluding tert-OH is 1. The SMILES string of the molecule is O=C1CC(CO)N1CC#C/C=C\C#CI. The molecular weight excluding hydrogens is 305 g/mol. The summed E-state index contributed by atoms with van der Waals surface area (Å²) in [4.78, 5) is 12.6. The van der Waals surface area contributed by atoms with Gasteiger partial charge in [0.1, 0.15) is 0 Å². The van der Waals surface area contributed by atoms with Crippen LogP contribution in [0.4, 0.5) is 0 Å². The number of aliphatic hydroxyl groups is 1. The van der Waals surface area contributed by atoms with Crippen molar-refractivity contribution >= 4 is 28.5 Å². The third kappa shape index (κ3) is 3.58. The summed E-state index contributed by atoms with van der Waals surface area (Å²) in [7, 11) is 0. The molecule has 0 aliphatic carbocycles. The summed E-state index contributed by atoms with van der Waals surface area (Å²) in [5, 5.41) is 8.87. The van der Waals surface area contributed by atoms with Crippen LogP contribution in [0.5, 0.6) is 0 Å². The monoisotopic (exact) mass is 315 g/mol. The molecule has 0 aromatic heterocycles. The summed E-state index contributed by atoms with van der Waals surface area (Å²) < 4.78 is 2.68. The minimum atomic E-state index is -0.0371. The first-order valence-corrected chi connectivity index (χ1v) is 5.52. The Morgan fingerprint density at radius 2 is 2.27 bits per heavy atom. The predicted octanol–water partition coefficient (Wildman–Crippen LogP) is 0.535. The number of rotatable bonds is 2. The maximum atomic E-state index is 11.1. The van der Waals surface area contributed by atoms with Gasteiger partial charge in [0.05, 0.1) is 19.2 Å². The van der Waals surface area contributed by atoms with E-state index in [4.69, 9.17) is 5.11 Å². The molecule has 0 bridgehead atoms. The third-order valence-electron chi connectivity index (χ3n) is 2.04. The molecular formula is C11H10INO2. The van der Waals surface area contributed by atoms with Crippen molar-refractivity contribution in [2.24, 2.45) is 0 Å². The molecule has 1 unspecified atom stereocenters. The van der Waals surface area contributed by atoms with Gasteiger partial charge in [0.25, 0.3) is 0 Å². The van der Waals surface area contributed by atoms with Crippen molar-refractivity contribution in [3.63, 3.8) is 0 Å². The number of likely N-dealkylation sites (tertiary alicyclic amines) is 1. The molecule has 1 atom stereocenters. The fraction of sp³-hybridized carbons (Fsp3) is 0.364. The second-order valence-corrected chi connectivity index (χ2v) is 3.49. The lowest BCUT2D eigenvalue weighted by atomic mass is 10.0. The van der Waals surface area contributed by atoms with Gasteiger partial charge in [-0.3, -0.25) is 4.79 Å². The zero-order valence-corrected chi connectivity index (χ0v) is 10.2. The fourth-order valence-corrected chi connectivity index (χ4v) is 1.38. The lowest BCUT2D eigenvalue weighted by Gasteiger charge is -2.37. The van der Waals surface area contributed by atoms with Gasteiger partial charge in [-0.2, -0.15) is 0 Å². The molecule has 0 aromatic carbocycles. The molecule has 1 heterocycles. The largest absolute Gasteiger partial charge is 0.394 e. The second-order valence-electron chi connectivity index (χ2n) is 2.96. The van der Waals surface area contributed by atoms with Crippen LogP contribution in [0.3, 0.4) is 0 Å². The van der Waals surface area contributed by atoms with Crippen LogP contribution >= 0.6 is 22.6 Å². The zero-order valence-electron chi connectivity index (χ0n) is 8.03. The van der Waals surface area contributed by atoms with E-state index in [2.05, 4.69) is 21.7 Å². The molecule has 1 aliphatic rings. The smallest absolute Gasteiger partial charge is 0.225 e. The van der Waals surface area contributed by atoms with Crippen LogP contribution in [-0.2, 0) is 4.79 Å². The number of β-lactam (4-membered cyclic amide) rings is 1. The molecule has 1 saturated heterocycles. The summed E-state index contributed by atoms with van der Waals surface area (Å²) in [5.41, 5.74) is 0. The van der Waals surface area contributed by atoms with Crippen molar-refractivity contribution in [1.29, 1.82) is 0 Å². The number of hydrogen-bond acceptors (Lipinski definition) is 2. The highest BCUT2D eigenvalue weighted by atomic mass is 127. The molecule has 3 nitrogen and oxygen atoms in total. The van der Waals surface area contributed by atoms with Gasteiger partial charge in [0, 0.05) is 29.0 Å². The Balaban J connectivity index is 2.35. The van der Waals surface area contributed by atoms with E-state index >= 15 is 0 Å². The van der Waals surface area contributed by atoms with Crippen molar-refractivity contribution in [2.75, 3.05) is 13.2 Å².